The van der Waals surface area contributed by atoms with Gasteiger partial charge in [0, 0.05) is 0 Å². The van der Waals surface area contributed by atoms with E-state index in [2.05, 4.69) is 0 Å². The van der Waals surface area contributed by atoms with Gasteiger partial charge < -0.3 is 0 Å². The SMILES string of the molecule is COc1ccc(I(OS(=O)(=O)C(F)(F)F)c2c(OC)cc(OC)cc2OC)cc1. The number of rotatable bonds is 8. The van der Waals surface area contributed by atoms with Crippen molar-refractivity contribution in [2.24, 2.45) is 0 Å². The fourth-order valence-electron chi connectivity index (χ4n) is 2.11. The Bertz CT molecular complexity index is 921. The Morgan fingerprint density at radius 3 is 1.66 bits per heavy atom. The molecule has 7 nitrogen and oxygen atoms in total. The fourth-order valence-corrected chi connectivity index (χ4v) is 9.03. The number of ether oxygens (including phenoxy) is 4. The number of hydrogen-bond donors (Lipinski definition) is 0. The summed E-state index contributed by atoms with van der Waals surface area (Å²) in [6.45, 7) is 0. The van der Waals surface area contributed by atoms with Gasteiger partial charge in [-0.3, -0.25) is 0 Å². The Morgan fingerprint density at radius 1 is 0.793 bits per heavy atom. The van der Waals surface area contributed by atoms with E-state index in [-0.39, 0.29) is 18.6 Å². The van der Waals surface area contributed by atoms with Crippen molar-refractivity contribution in [1.29, 1.82) is 0 Å². The summed E-state index contributed by atoms with van der Waals surface area (Å²) in [4.78, 5) is 0. The van der Waals surface area contributed by atoms with Gasteiger partial charge in [0.05, 0.1) is 0 Å². The standard InChI is InChI=1S/C17H18F3IO7S/c1-24-12-7-5-11(6-8-12)21(28-29(22,23)17(18,19)20)16-14(26-3)9-13(25-2)10-15(16)27-4/h5-10H,1-4H3. The van der Waals surface area contributed by atoms with Crippen LogP contribution in [-0.4, -0.2) is 42.4 Å². The molecule has 12 heteroatoms. The molecule has 0 aliphatic heterocycles. The van der Waals surface area contributed by atoms with Crippen molar-refractivity contribution in [2.45, 2.75) is 5.51 Å². The second-order valence-electron chi connectivity index (χ2n) is 5.22. The first-order valence-corrected chi connectivity index (χ1v) is 12.2. The summed E-state index contributed by atoms with van der Waals surface area (Å²) in [5.41, 5.74) is -5.58. The molecule has 0 aliphatic carbocycles. The Kier molecular flexibility index (Phi) is 7.45. The van der Waals surface area contributed by atoms with Crippen LogP contribution in [0.2, 0.25) is 0 Å². The van der Waals surface area contributed by atoms with Crippen molar-refractivity contribution < 1.29 is 43.0 Å². The Labute approximate surface area is 173 Å². The van der Waals surface area contributed by atoms with Crippen LogP contribution in [0.5, 0.6) is 23.0 Å². The molecular formula is C17H18F3IO7S. The van der Waals surface area contributed by atoms with E-state index in [1.54, 1.807) is 0 Å². The van der Waals surface area contributed by atoms with Gasteiger partial charge in [0.25, 0.3) is 0 Å². The summed E-state index contributed by atoms with van der Waals surface area (Å²) in [7, 11) is -0.489. The summed E-state index contributed by atoms with van der Waals surface area (Å²) in [5, 5.41) is 0. The predicted molar refractivity (Wildman–Crippen MR) is 107 cm³/mol. The Hall–Kier alpha value is -1.93. The summed E-state index contributed by atoms with van der Waals surface area (Å²) in [5.74, 6) is 0.919. The van der Waals surface area contributed by atoms with Crippen LogP contribution in [0, 0.1) is 7.14 Å². The van der Waals surface area contributed by atoms with E-state index in [0.717, 1.165) is 0 Å². The summed E-state index contributed by atoms with van der Waals surface area (Å²) in [6.07, 6.45) is 0. The van der Waals surface area contributed by atoms with Crippen LogP contribution in [-0.2, 0) is 12.6 Å². The minimum absolute atomic E-state index is 0.0830. The minimum atomic E-state index is -5.88. The maximum absolute atomic E-state index is 13.0. The molecular weight excluding hydrogens is 532 g/mol. The van der Waals surface area contributed by atoms with Gasteiger partial charge in [-0.1, -0.05) is 0 Å². The van der Waals surface area contributed by atoms with Crippen molar-refractivity contribution in [3.05, 3.63) is 43.5 Å². The zero-order chi connectivity index (χ0) is 21.8. The predicted octanol–water partition coefficient (Wildman–Crippen LogP) is 4.05. The summed E-state index contributed by atoms with van der Waals surface area (Å²) in [6, 6.07) is 8.69. The first kappa shape index (κ1) is 23.3. The molecule has 0 aromatic heterocycles. The molecule has 0 saturated heterocycles. The zero-order valence-electron chi connectivity index (χ0n) is 15.7. The number of benzene rings is 2. The summed E-state index contributed by atoms with van der Waals surface area (Å²) >= 11 is -3.75. The molecule has 29 heavy (non-hydrogen) atoms. The molecule has 0 spiro atoms. The number of hydrogen-bond acceptors (Lipinski definition) is 7. The van der Waals surface area contributed by atoms with Gasteiger partial charge in [-0.05, 0) is 0 Å². The van der Waals surface area contributed by atoms with Crippen molar-refractivity contribution in [3.63, 3.8) is 0 Å². The summed E-state index contributed by atoms with van der Waals surface area (Å²) < 4.78 is 88.6. The fraction of sp³-hybridized carbons (Fsp3) is 0.294. The van der Waals surface area contributed by atoms with Crippen molar-refractivity contribution in [3.8, 4) is 23.0 Å². The van der Waals surface area contributed by atoms with Gasteiger partial charge in [0.1, 0.15) is 0 Å². The molecule has 2 rings (SSSR count). The average molecular weight is 550 g/mol. The van der Waals surface area contributed by atoms with Crippen molar-refractivity contribution in [1.82, 2.24) is 0 Å². The van der Waals surface area contributed by atoms with Gasteiger partial charge in [-0.15, -0.1) is 0 Å². The second kappa shape index (κ2) is 9.26. The topological polar surface area (TPSA) is 80.3 Å². The van der Waals surface area contributed by atoms with Gasteiger partial charge in [0.2, 0.25) is 0 Å². The molecule has 2 aromatic carbocycles. The molecule has 0 bridgehead atoms. The molecule has 0 atom stereocenters. The van der Waals surface area contributed by atoms with E-state index in [9.17, 15) is 21.6 Å². The van der Waals surface area contributed by atoms with Gasteiger partial charge >= 0.3 is 174 Å². The third-order valence-corrected chi connectivity index (χ3v) is 10.8. The molecule has 2 aromatic rings. The number of methoxy groups -OCH3 is 4. The van der Waals surface area contributed by atoms with Crippen molar-refractivity contribution >= 4 is 30.4 Å². The Balaban J connectivity index is 2.73. The van der Waals surface area contributed by atoms with Crippen LogP contribution in [0.1, 0.15) is 0 Å². The van der Waals surface area contributed by atoms with Crippen LogP contribution < -0.4 is 18.9 Å². The molecule has 162 valence electrons. The van der Waals surface area contributed by atoms with Crippen LogP contribution in [0.3, 0.4) is 0 Å². The molecule has 0 unspecified atom stereocenters. The van der Waals surface area contributed by atoms with Gasteiger partial charge in [-0.2, -0.15) is 0 Å². The maximum atomic E-state index is 13.0. The average Bonchev–Trinajstić information content (AvgIpc) is 2.70. The zero-order valence-corrected chi connectivity index (χ0v) is 18.7. The molecule has 0 fully saturated rings. The third-order valence-electron chi connectivity index (χ3n) is 3.50. The molecule has 0 heterocycles. The molecule has 0 N–H and O–H groups in total. The molecule has 0 saturated carbocycles. The second-order valence-corrected chi connectivity index (χ2v) is 11.5. The first-order valence-electron chi connectivity index (χ1n) is 7.73. The molecule has 0 amide bonds. The van der Waals surface area contributed by atoms with Gasteiger partial charge in [-0.25, -0.2) is 0 Å². The number of halogens is 4. The quantitative estimate of drug-likeness (QED) is 0.363. The van der Waals surface area contributed by atoms with E-state index in [1.807, 2.05) is 0 Å². The molecule has 0 aliphatic rings. The van der Waals surface area contributed by atoms with Gasteiger partial charge in [0.15, 0.2) is 0 Å². The van der Waals surface area contributed by atoms with Crippen molar-refractivity contribution in [2.75, 3.05) is 28.4 Å². The van der Waals surface area contributed by atoms with E-state index < -0.39 is 35.9 Å². The third kappa shape index (κ3) is 5.17. The number of alkyl halides is 3. The molecule has 0 radical (unpaired) electrons. The monoisotopic (exact) mass is 550 g/mol. The van der Waals surface area contributed by atoms with Crippen LogP contribution in [0.25, 0.3) is 0 Å². The van der Waals surface area contributed by atoms with Crippen LogP contribution >= 0.6 is 20.2 Å². The van der Waals surface area contributed by atoms with E-state index in [4.69, 9.17) is 21.5 Å². The Morgan fingerprint density at radius 2 is 1.28 bits per heavy atom. The van der Waals surface area contributed by atoms with E-state index >= 15 is 0 Å². The first-order chi connectivity index (χ1) is 13.6. The van der Waals surface area contributed by atoms with E-state index in [1.165, 1.54) is 64.8 Å². The van der Waals surface area contributed by atoms with E-state index in [0.29, 0.717) is 11.5 Å². The van der Waals surface area contributed by atoms with Crippen LogP contribution in [0.15, 0.2) is 36.4 Å². The normalized spacial score (nSPS) is 12.3. The van der Waals surface area contributed by atoms with Crippen LogP contribution in [0.4, 0.5) is 13.2 Å².